The van der Waals surface area contributed by atoms with E-state index in [0.29, 0.717) is 0 Å². The summed E-state index contributed by atoms with van der Waals surface area (Å²) in [6.07, 6.45) is 0. The van der Waals surface area contributed by atoms with Gasteiger partial charge in [0.15, 0.2) is 5.78 Å². The molecule has 31 heavy (non-hydrogen) atoms. The van der Waals surface area contributed by atoms with E-state index in [1.807, 2.05) is 60.7 Å². The molecular weight excluding hydrogens is 384 g/mol. The number of carbonyl (C=O) groups excluding carboxylic acids is 1. The van der Waals surface area contributed by atoms with Crippen molar-refractivity contribution in [3.63, 3.8) is 0 Å². The minimum atomic E-state index is -0.639. The molecule has 0 radical (unpaired) electrons. The smallest absolute Gasteiger partial charge is 0.193 e. The summed E-state index contributed by atoms with van der Waals surface area (Å²) in [7, 11) is 3.33. The number of fused-ring (bicyclic) bond motifs is 2. The van der Waals surface area contributed by atoms with Crippen LogP contribution in [0.1, 0.15) is 38.2 Å². The van der Waals surface area contributed by atoms with Crippen LogP contribution < -0.4 is 9.47 Å². The van der Waals surface area contributed by atoms with Crippen molar-refractivity contribution in [3.8, 4) is 11.5 Å². The maximum absolute atomic E-state index is 13.4. The number of carbonyl (C=O) groups is 1. The van der Waals surface area contributed by atoms with E-state index in [0.717, 1.165) is 44.9 Å². The van der Waals surface area contributed by atoms with Crippen molar-refractivity contribution in [2.45, 2.75) is 5.41 Å². The van der Waals surface area contributed by atoms with Crippen LogP contribution in [0.5, 0.6) is 11.5 Å². The highest BCUT2D eigenvalue weighted by Gasteiger charge is 2.46. The third-order valence-electron chi connectivity index (χ3n) is 6.20. The Morgan fingerprint density at radius 3 is 1.32 bits per heavy atom. The summed E-state index contributed by atoms with van der Waals surface area (Å²) in [6, 6.07) is 32.1. The number of benzene rings is 4. The fourth-order valence-corrected chi connectivity index (χ4v) is 4.78. The second-order valence-electron chi connectivity index (χ2n) is 7.63. The first kappa shape index (κ1) is 19.1. The van der Waals surface area contributed by atoms with Gasteiger partial charge in [-0.1, -0.05) is 72.8 Å². The fourth-order valence-electron chi connectivity index (χ4n) is 4.78. The van der Waals surface area contributed by atoms with Crippen molar-refractivity contribution >= 4 is 5.78 Å². The molecule has 0 N–H and O–H groups in total. The van der Waals surface area contributed by atoms with E-state index in [1.54, 1.807) is 14.2 Å². The minimum Gasteiger partial charge on any atom is -0.497 e. The van der Waals surface area contributed by atoms with E-state index in [-0.39, 0.29) is 5.78 Å². The number of hydrogen-bond acceptors (Lipinski definition) is 3. The van der Waals surface area contributed by atoms with Gasteiger partial charge in [0.2, 0.25) is 0 Å². The molecular formula is C28H22O3. The van der Waals surface area contributed by atoms with Gasteiger partial charge in [0.25, 0.3) is 0 Å². The molecule has 0 amide bonds. The number of hydrogen-bond donors (Lipinski definition) is 0. The molecule has 0 bridgehead atoms. The molecule has 0 heterocycles. The quantitative estimate of drug-likeness (QED) is 0.388. The van der Waals surface area contributed by atoms with Crippen LogP contribution in [-0.4, -0.2) is 20.0 Å². The van der Waals surface area contributed by atoms with Crippen LogP contribution in [0.25, 0.3) is 0 Å². The van der Waals surface area contributed by atoms with Crippen LogP contribution in [-0.2, 0) is 5.41 Å². The summed E-state index contributed by atoms with van der Waals surface area (Å²) in [4.78, 5) is 13.4. The second-order valence-corrected chi connectivity index (χ2v) is 7.63. The Labute approximate surface area is 181 Å². The van der Waals surface area contributed by atoms with Crippen molar-refractivity contribution in [1.29, 1.82) is 0 Å². The summed E-state index contributed by atoms with van der Waals surface area (Å²) >= 11 is 0. The van der Waals surface area contributed by atoms with Gasteiger partial charge in [-0.25, -0.2) is 0 Å². The Morgan fingerprint density at radius 1 is 0.548 bits per heavy atom. The zero-order chi connectivity index (χ0) is 21.4. The van der Waals surface area contributed by atoms with Gasteiger partial charge in [0.1, 0.15) is 11.5 Å². The predicted octanol–water partition coefficient (Wildman–Crippen LogP) is 5.63. The molecule has 1 aliphatic carbocycles. The zero-order valence-corrected chi connectivity index (χ0v) is 17.5. The lowest BCUT2D eigenvalue weighted by Gasteiger charge is -2.41. The molecule has 1 aliphatic rings. The van der Waals surface area contributed by atoms with Gasteiger partial charge in [-0.15, -0.1) is 0 Å². The Morgan fingerprint density at radius 2 is 0.935 bits per heavy atom. The van der Waals surface area contributed by atoms with Crippen molar-refractivity contribution in [3.05, 3.63) is 130 Å². The normalized spacial score (nSPS) is 13.8. The van der Waals surface area contributed by atoms with Crippen molar-refractivity contribution in [2.75, 3.05) is 14.2 Å². The Hall–Kier alpha value is -3.85. The van der Waals surface area contributed by atoms with Crippen molar-refractivity contribution in [2.24, 2.45) is 0 Å². The minimum absolute atomic E-state index is 0.0591. The Balaban J connectivity index is 1.92. The third-order valence-corrected chi connectivity index (χ3v) is 6.20. The average Bonchev–Trinajstić information content (AvgIpc) is 2.85. The summed E-state index contributed by atoms with van der Waals surface area (Å²) in [5, 5.41) is 0. The first-order chi connectivity index (χ1) is 15.2. The fraction of sp³-hybridized carbons (Fsp3) is 0.107. The van der Waals surface area contributed by atoms with Crippen LogP contribution in [0.3, 0.4) is 0 Å². The van der Waals surface area contributed by atoms with Gasteiger partial charge in [-0.2, -0.15) is 0 Å². The van der Waals surface area contributed by atoms with Crippen LogP contribution in [0.4, 0.5) is 0 Å². The monoisotopic (exact) mass is 406 g/mol. The Bertz CT molecular complexity index is 1160. The molecule has 4 aromatic rings. The lowest BCUT2D eigenvalue weighted by molar-refractivity contribution is 0.103. The molecule has 0 unspecified atom stereocenters. The van der Waals surface area contributed by atoms with E-state index < -0.39 is 5.41 Å². The zero-order valence-electron chi connectivity index (χ0n) is 17.5. The first-order valence-corrected chi connectivity index (χ1v) is 10.2. The molecule has 152 valence electrons. The molecule has 0 atom stereocenters. The lowest BCUT2D eigenvalue weighted by Crippen LogP contribution is -2.38. The number of methoxy groups -OCH3 is 2. The highest BCUT2D eigenvalue weighted by Crippen LogP contribution is 2.51. The lowest BCUT2D eigenvalue weighted by atomic mass is 9.59. The number of rotatable bonds is 4. The van der Waals surface area contributed by atoms with Crippen LogP contribution in [0.15, 0.2) is 97.1 Å². The third kappa shape index (κ3) is 2.77. The van der Waals surface area contributed by atoms with Gasteiger partial charge in [0, 0.05) is 11.1 Å². The Kier molecular flexibility index (Phi) is 4.59. The van der Waals surface area contributed by atoms with Crippen molar-refractivity contribution in [1.82, 2.24) is 0 Å². The molecule has 0 fully saturated rings. The molecule has 4 aromatic carbocycles. The largest absolute Gasteiger partial charge is 0.497 e. The summed E-state index contributed by atoms with van der Waals surface area (Å²) in [5.74, 6) is 1.65. The second kappa shape index (κ2) is 7.44. The average molecular weight is 406 g/mol. The molecule has 0 aromatic heterocycles. The van der Waals surface area contributed by atoms with Gasteiger partial charge in [-0.05, 0) is 46.5 Å². The molecule has 5 rings (SSSR count). The summed E-state index contributed by atoms with van der Waals surface area (Å²) < 4.78 is 10.8. The topological polar surface area (TPSA) is 35.5 Å². The number of ether oxygens (including phenoxy) is 2. The highest BCUT2D eigenvalue weighted by atomic mass is 16.5. The molecule has 0 saturated carbocycles. The van der Waals surface area contributed by atoms with E-state index in [4.69, 9.17) is 9.47 Å². The van der Waals surface area contributed by atoms with Gasteiger partial charge in [-0.3, -0.25) is 4.79 Å². The van der Waals surface area contributed by atoms with E-state index >= 15 is 0 Å². The summed E-state index contributed by atoms with van der Waals surface area (Å²) in [5.41, 5.74) is 4.93. The first-order valence-electron chi connectivity index (χ1n) is 10.2. The number of ketones is 1. The molecule has 0 aliphatic heterocycles. The van der Waals surface area contributed by atoms with E-state index in [1.165, 1.54) is 0 Å². The van der Waals surface area contributed by atoms with Crippen LogP contribution in [0.2, 0.25) is 0 Å². The van der Waals surface area contributed by atoms with Crippen molar-refractivity contribution < 1.29 is 14.3 Å². The van der Waals surface area contributed by atoms with Gasteiger partial charge < -0.3 is 9.47 Å². The molecule has 0 saturated heterocycles. The molecule has 3 heteroatoms. The molecule has 3 nitrogen and oxygen atoms in total. The maximum Gasteiger partial charge on any atom is 0.193 e. The van der Waals surface area contributed by atoms with Crippen LogP contribution in [0, 0.1) is 0 Å². The molecule has 0 spiro atoms. The van der Waals surface area contributed by atoms with E-state index in [9.17, 15) is 4.79 Å². The van der Waals surface area contributed by atoms with E-state index in [2.05, 4.69) is 36.4 Å². The maximum atomic E-state index is 13.4. The standard InChI is InChI=1S/C28H22O3/c1-30-21-15-11-19(12-16-21)28(20-13-17-22(31-2)18-14-20)25-9-5-3-7-23(25)27(29)24-8-4-6-10-26(24)28/h3-18H,1-2H3. The summed E-state index contributed by atoms with van der Waals surface area (Å²) in [6.45, 7) is 0. The van der Waals surface area contributed by atoms with Gasteiger partial charge >= 0.3 is 0 Å². The highest BCUT2D eigenvalue weighted by molar-refractivity contribution is 6.14. The SMILES string of the molecule is COc1ccc(C2(c3ccc(OC)cc3)c3ccccc3C(=O)c3ccccc32)cc1. The van der Waals surface area contributed by atoms with Gasteiger partial charge in [0.05, 0.1) is 19.6 Å². The predicted molar refractivity (Wildman–Crippen MR) is 121 cm³/mol. The van der Waals surface area contributed by atoms with Crippen LogP contribution >= 0.6 is 0 Å².